The number of aromatic nitrogens is 2. The average Bonchev–Trinajstić information content (AvgIpc) is 3.23. The molecule has 0 bridgehead atoms. The molecule has 2 aromatic carbocycles. The first-order valence-electron chi connectivity index (χ1n) is 9.50. The number of phenolic OH excluding ortho intramolecular Hbond substituents is 1. The van der Waals surface area contributed by atoms with Gasteiger partial charge in [0.05, 0.1) is 23.4 Å². The van der Waals surface area contributed by atoms with Crippen molar-refractivity contribution in [2.24, 2.45) is 0 Å². The lowest BCUT2D eigenvalue weighted by Crippen LogP contribution is -2.26. The summed E-state index contributed by atoms with van der Waals surface area (Å²) in [6.07, 6.45) is 0.656. The molecule has 0 saturated carbocycles. The van der Waals surface area contributed by atoms with Crippen molar-refractivity contribution >= 4 is 16.3 Å². The predicted molar refractivity (Wildman–Crippen MR) is 120 cm³/mol. The van der Waals surface area contributed by atoms with Crippen molar-refractivity contribution in [3.8, 4) is 27.6 Å². The number of thiophene rings is 1. The molecule has 4 rings (SSSR count). The number of aryl methyl sites for hydroxylation is 2. The molecule has 2 heterocycles. The highest BCUT2D eigenvalue weighted by Gasteiger charge is 2.19. The Morgan fingerprint density at radius 3 is 2.50 bits per heavy atom. The first-order chi connectivity index (χ1) is 14.6. The van der Waals surface area contributed by atoms with Crippen LogP contribution in [0.4, 0.5) is 5.00 Å². The van der Waals surface area contributed by atoms with E-state index < -0.39 is 0 Å². The number of benzene rings is 2. The zero-order chi connectivity index (χ0) is 21.1. The van der Waals surface area contributed by atoms with Crippen LogP contribution in [-0.4, -0.2) is 14.7 Å². The molecule has 2 aromatic heterocycles. The molecule has 0 spiro atoms. The van der Waals surface area contributed by atoms with Crippen LogP contribution in [-0.2, 0) is 13.0 Å². The zero-order valence-corrected chi connectivity index (χ0v) is 17.2. The SMILES string of the molecule is [C-]#[N+]c1ccc(-c2c(C)nc(-c3ccccc3O)n(CCc3ccccc3)c2=O)s1. The number of rotatable bonds is 5. The van der Waals surface area contributed by atoms with Crippen molar-refractivity contribution in [1.29, 1.82) is 0 Å². The van der Waals surface area contributed by atoms with Crippen molar-refractivity contribution in [3.63, 3.8) is 0 Å². The fourth-order valence-electron chi connectivity index (χ4n) is 3.43. The minimum atomic E-state index is -0.171. The van der Waals surface area contributed by atoms with E-state index in [0.29, 0.717) is 40.6 Å². The summed E-state index contributed by atoms with van der Waals surface area (Å²) in [5.74, 6) is 0.522. The third-order valence-electron chi connectivity index (χ3n) is 4.91. The summed E-state index contributed by atoms with van der Waals surface area (Å²) in [5, 5.41) is 10.9. The van der Waals surface area contributed by atoms with E-state index in [4.69, 9.17) is 11.6 Å². The summed E-state index contributed by atoms with van der Waals surface area (Å²) in [5.41, 5.74) is 2.54. The summed E-state index contributed by atoms with van der Waals surface area (Å²) >= 11 is 1.29. The number of phenols is 1. The van der Waals surface area contributed by atoms with E-state index in [1.165, 1.54) is 11.3 Å². The number of para-hydroxylation sites is 1. The van der Waals surface area contributed by atoms with Crippen molar-refractivity contribution in [1.82, 2.24) is 9.55 Å². The fraction of sp³-hybridized carbons (Fsp3) is 0.125. The Balaban J connectivity index is 1.88. The van der Waals surface area contributed by atoms with Gasteiger partial charge in [-0.2, -0.15) is 11.3 Å². The molecule has 0 fully saturated rings. The summed E-state index contributed by atoms with van der Waals surface area (Å²) in [6.45, 7) is 9.42. The Labute approximate surface area is 178 Å². The maximum Gasteiger partial charge on any atom is 0.262 e. The van der Waals surface area contributed by atoms with Gasteiger partial charge in [-0.1, -0.05) is 48.5 Å². The van der Waals surface area contributed by atoms with E-state index in [1.54, 1.807) is 41.8 Å². The van der Waals surface area contributed by atoms with Crippen LogP contribution in [0, 0.1) is 13.5 Å². The molecule has 0 aliphatic carbocycles. The Kier molecular flexibility index (Phi) is 5.46. The average molecular weight is 414 g/mol. The van der Waals surface area contributed by atoms with Gasteiger partial charge in [0.2, 0.25) is 5.00 Å². The lowest BCUT2D eigenvalue weighted by molar-refractivity contribution is 0.476. The third kappa shape index (κ3) is 3.76. The van der Waals surface area contributed by atoms with Crippen molar-refractivity contribution in [2.75, 3.05) is 0 Å². The molecule has 0 saturated heterocycles. The van der Waals surface area contributed by atoms with Crippen molar-refractivity contribution in [2.45, 2.75) is 19.9 Å². The molecule has 0 aliphatic rings. The Hall–Kier alpha value is -3.69. The van der Waals surface area contributed by atoms with Gasteiger partial charge in [-0.15, -0.1) is 0 Å². The van der Waals surface area contributed by atoms with Gasteiger partial charge in [0.1, 0.15) is 11.6 Å². The Bertz CT molecular complexity index is 1300. The maximum absolute atomic E-state index is 13.6. The summed E-state index contributed by atoms with van der Waals surface area (Å²) in [4.78, 5) is 22.5. The van der Waals surface area contributed by atoms with E-state index >= 15 is 0 Å². The third-order valence-corrected chi connectivity index (χ3v) is 5.91. The molecule has 0 radical (unpaired) electrons. The molecule has 0 amide bonds. The van der Waals surface area contributed by atoms with E-state index in [1.807, 2.05) is 36.4 Å². The quantitative estimate of drug-likeness (QED) is 0.443. The van der Waals surface area contributed by atoms with Crippen LogP contribution >= 0.6 is 11.3 Å². The number of hydrogen-bond donors (Lipinski definition) is 1. The minimum absolute atomic E-state index is 0.0800. The second-order valence-electron chi connectivity index (χ2n) is 6.86. The molecular formula is C24H19N3O2S. The monoisotopic (exact) mass is 413 g/mol. The summed E-state index contributed by atoms with van der Waals surface area (Å²) < 4.78 is 1.63. The summed E-state index contributed by atoms with van der Waals surface area (Å²) in [6, 6.07) is 20.4. The predicted octanol–water partition coefficient (Wildman–Crippen LogP) is 5.45. The summed E-state index contributed by atoms with van der Waals surface area (Å²) in [7, 11) is 0. The number of aromatic hydroxyl groups is 1. The van der Waals surface area contributed by atoms with Crippen LogP contribution in [0.3, 0.4) is 0 Å². The Morgan fingerprint density at radius 2 is 1.80 bits per heavy atom. The van der Waals surface area contributed by atoms with E-state index in [-0.39, 0.29) is 11.3 Å². The van der Waals surface area contributed by atoms with Crippen molar-refractivity contribution in [3.05, 3.63) is 99.8 Å². The van der Waals surface area contributed by atoms with Crippen LogP contribution in [0.25, 0.3) is 26.7 Å². The lowest BCUT2D eigenvalue weighted by Gasteiger charge is -2.16. The van der Waals surface area contributed by atoms with E-state index in [2.05, 4.69) is 4.85 Å². The molecular weight excluding hydrogens is 394 g/mol. The first kappa shape index (κ1) is 19.6. The normalized spacial score (nSPS) is 10.7. The highest BCUT2D eigenvalue weighted by atomic mass is 32.1. The van der Waals surface area contributed by atoms with Crippen molar-refractivity contribution < 1.29 is 5.11 Å². The second-order valence-corrected chi connectivity index (χ2v) is 7.92. The van der Waals surface area contributed by atoms with Gasteiger partial charge >= 0.3 is 0 Å². The van der Waals surface area contributed by atoms with Crippen LogP contribution in [0.5, 0.6) is 5.75 Å². The van der Waals surface area contributed by atoms with Gasteiger partial charge in [0.15, 0.2) is 0 Å². The van der Waals surface area contributed by atoms with Gasteiger partial charge in [-0.05, 0) is 37.1 Å². The zero-order valence-electron chi connectivity index (χ0n) is 16.4. The standard InChI is InChI=1S/C24H19N3O2S/c1-16-22(20-12-13-21(25-2)30-20)24(29)27(15-14-17-8-4-3-5-9-17)23(26-16)18-10-6-7-11-19(18)28/h3-13,28H,14-15H2,1H3. The maximum atomic E-state index is 13.6. The minimum Gasteiger partial charge on any atom is -0.507 e. The molecule has 4 aromatic rings. The molecule has 0 atom stereocenters. The molecule has 0 unspecified atom stereocenters. The number of nitrogens with zero attached hydrogens (tertiary/aromatic N) is 3. The molecule has 6 heteroatoms. The van der Waals surface area contributed by atoms with E-state index in [9.17, 15) is 9.90 Å². The highest BCUT2D eigenvalue weighted by Crippen LogP contribution is 2.34. The number of hydrogen-bond acceptors (Lipinski definition) is 4. The molecule has 5 nitrogen and oxygen atoms in total. The molecule has 0 aliphatic heterocycles. The van der Waals surface area contributed by atoms with Crippen LogP contribution in [0.2, 0.25) is 0 Å². The second kappa shape index (κ2) is 8.36. The van der Waals surface area contributed by atoms with Gasteiger partial charge in [-0.3, -0.25) is 9.36 Å². The van der Waals surface area contributed by atoms with Crippen LogP contribution in [0.1, 0.15) is 11.3 Å². The largest absolute Gasteiger partial charge is 0.507 e. The van der Waals surface area contributed by atoms with Gasteiger partial charge in [0.25, 0.3) is 5.56 Å². The van der Waals surface area contributed by atoms with E-state index in [0.717, 1.165) is 10.4 Å². The molecule has 148 valence electrons. The smallest absolute Gasteiger partial charge is 0.262 e. The molecule has 1 N–H and O–H groups in total. The van der Waals surface area contributed by atoms with Crippen LogP contribution in [0.15, 0.2) is 71.5 Å². The topological polar surface area (TPSA) is 59.5 Å². The van der Waals surface area contributed by atoms with Crippen LogP contribution < -0.4 is 5.56 Å². The highest BCUT2D eigenvalue weighted by molar-refractivity contribution is 7.19. The molecule has 30 heavy (non-hydrogen) atoms. The fourth-order valence-corrected chi connectivity index (χ4v) is 4.31. The van der Waals surface area contributed by atoms with Gasteiger partial charge in [-0.25, -0.2) is 9.83 Å². The lowest BCUT2D eigenvalue weighted by atomic mass is 10.1. The van der Waals surface area contributed by atoms with Gasteiger partial charge in [0, 0.05) is 11.4 Å². The Morgan fingerprint density at radius 1 is 1.07 bits per heavy atom. The first-order valence-corrected chi connectivity index (χ1v) is 10.3. The van der Waals surface area contributed by atoms with Gasteiger partial charge < -0.3 is 5.11 Å².